The van der Waals surface area contributed by atoms with Crippen LogP contribution in [-0.2, 0) is 6.42 Å². The number of halogens is 3. The second-order valence-electron chi connectivity index (χ2n) is 4.81. The van der Waals surface area contributed by atoms with Gasteiger partial charge in [0, 0.05) is 18.8 Å². The number of hydrogen-bond donors (Lipinski definition) is 2. The highest BCUT2D eigenvalue weighted by molar-refractivity contribution is 5.89. The largest absolute Gasteiger partial charge is 0.393 e. The molecule has 0 bridgehead atoms. The Kier molecular flexibility index (Phi) is 4.17. The summed E-state index contributed by atoms with van der Waals surface area (Å²) in [4.78, 5) is 13.3. The van der Waals surface area contributed by atoms with Crippen LogP contribution in [0.25, 0.3) is 0 Å². The lowest BCUT2D eigenvalue weighted by atomic mass is 10.1. The van der Waals surface area contributed by atoms with Gasteiger partial charge in [-0.1, -0.05) is 12.1 Å². The summed E-state index contributed by atoms with van der Waals surface area (Å²) in [6, 6.07) is 5.26. The Morgan fingerprint density at radius 3 is 2.80 bits per heavy atom. The number of alkyl halides is 3. The Hall–Kier alpha value is -1.76. The first-order valence-electron chi connectivity index (χ1n) is 6.23. The number of carbonyl (C=O) groups excluding carboxylic acids is 1. The molecular formula is C13H15F3N2O2. The molecule has 0 radical (unpaired) electrons. The lowest BCUT2D eigenvalue weighted by Gasteiger charge is -2.17. The maximum absolute atomic E-state index is 12.3. The number of urea groups is 1. The Balaban J connectivity index is 1.99. The molecular weight excluding hydrogens is 273 g/mol. The van der Waals surface area contributed by atoms with E-state index >= 15 is 0 Å². The number of anilines is 1. The number of hydrogen-bond acceptors (Lipinski definition) is 2. The van der Waals surface area contributed by atoms with Gasteiger partial charge in [0.2, 0.25) is 0 Å². The molecule has 1 aliphatic heterocycles. The van der Waals surface area contributed by atoms with E-state index in [0.29, 0.717) is 18.7 Å². The number of aliphatic hydroxyl groups is 1. The minimum atomic E-state index is -4.28. The molecule has 110 valence electrons. The molecule has 2 amide bonds. The number of likely N-dealkylation sites (tertiary alicyclic amines) is 1. The van der Waals surface area contributed by atoms with Crippen molar-refractivity contribution < 1.29 is 23.1 Å². The van der Waals surface area contributed by atoms with Crippen molar-refractivity contribution in [1.82, 2.24) is 4.90 Å². The Labute approximate surface area is 114 Å². The zero-order chi connectivity index (χ0) is 14.8. The average molecular weight is 288 g/mol. The molecule has 1 aromatic rings. The van der Waals surface area contributed by atoms with Crippen LogP contribution in [0.5, 0.6) is 0 Å². The molecule has 0 saturated carbocycles. The molecule has 7 heteroatoms. The quantitative estimate of drug-likeness (QED) is 0.878. The van der Waals surface area contributed by atoms with Crippen LogP contribution in [0.15, 0.2) is 24.3 Å². The van der Waals surface area contributed by atoms with E-state index in [1.54, 1.807) is 0 Å². The number of nitrogens with one attached hydrogen (secondary N) is 1. The van der Waals surface area contributed by atoms with Crippen molar-refractivity contribution in [3.8, 4) is 0 Å². The highest BCUT2D eigenvalue weighted by Gasteiger charge is 2.28. The molecule has 1 atom stereocenters. The van der Waals surface area contributed by atoms with Gasteiger partial charge in [-0.15, -0.1) is 0 Å². The molecule has 2 rings (SSSR count). The summed E-state index contributed by atoms with van der Waals surface area (Å²) in [6.45, 7) is 0.684. The Bertz CT molecular complexity index is 491. The lowest BCUT2D eigenvalue weighted by Crippen LogP contribution is -2.33. The van der Waals surface area contributed by atoms with Crippen molar-refractivity contribution in [3.63, 3.8) is 0 Å². The van der Waals surface area contributed by atoms with E-state index in [1.165, 1.54) is 29.2 Å². The van der Waals surface area contributed by atoms with Crippen LogP contribution < -0.4 is 5.32 Å². The van der Waals surface area contributed by atoms with Crippen molar-refractivity contribution in [2.75, 3.05) is 18.4 Å². The molecule has 20 heavy (non-hydrogen) atoms. The van der Waals surface area contributed by atoms with Crippen LogP contribution in [0.3, 0.4) is 0 Å². The van der Waals surface area contributed by atoms with Gasteiger partial charge in [-0.25, -0.2) is 4.79 Å². The standard InChI is InChI=1S/C13H15F3N2O2/c14-13(15,16)7-9-2-1-3-10(6-9)17-12(20)18-5-4-11(19)8-18/h1-3,6,11,19H,4-5,7-8H2,(H,17,20)/t11-/m1/s1. The van der Waals surface area contributed by atoms with Crippen molar-refractivity contribution >= 4 is 11.7 Å². The maximum atomic E-state index is 12.3. The first kappa shape index (κ1) is 14.6. The van der Waals surface area contributed by atoms with Crippen molar-refractivity contribution in [1.29, 1.82) is 0 Å². The van der Waals surface area contributed by atoms with Crippen LogP contribution in [0.4, 0.5) is 23.7 Å². The molecule has 0 spiro atoms. The summed E-state index contributed by atoms with van der Waals surface area (Å²) in [7, 11) is 0. The van der Waals surface area contributed by atoms with E-state index in [4.69, 9.17) is 0 Å². The summed E-state index contributed by atoms with van der Waals surface area (Å²) in [5.74, 6) is 0. The van der Waals surface area contributed by atoms with Crippen LogP contribution in [0.2, 0.25) is 0 Å². The van der Waals surface area contributed by atoms with Gasteiger partial charge >= 0.3 is 12.2 Å². The van der Waals surface area contributed by atoms with Crippen LogP contribution in [-0.4, -0.2) is 41.4 Å². The molecule has 1 heterocycles. The molecule has 1 aromatic carbocycles. The average Bonchev–Trinajstić information content (AvgIpc) is 2.74. The molecule has 1 fully saturated rings. The van der Waals surface area contributed by atoms with Gasteiger partial charge < -0.3 is 15.3 Å². The fourth-order valence-electron chi connectivity index (χ4n) is 2.12. The fourth-order valence-corrected chi connectivity index (χ4v) is 2.12. The Morgan fingerprint density at radius 1 is 1.45 bits per heavy atom. The number of amides is 2. The number of aliphatic hydroxyl groups excluding tert-OH is 1. The predicted octanol–water partition coefficient (Wildman–Crippen LogP) is 2.39. The van der Waals surface area contributed by atoms with E-state index in [-0.39, 0.29) is 12.1 Å². The predicted molar refractivity (Wildman–Crippen MR) is 67.4 cm³/mol. The topological polar surface area (TPSA) is 52.6 Å². The van der Waals surface area contributed by atoms with E-state index in [0.717, 1.165) is 0 Å². The third kappa shape index (κ3) is 4.12. The summed E-state index contributed by atoms with van der Waals surface area (Å²) in [5, 5.41) is 11.9. The second kappa shape index (κ2) is 5.70. The minimum absolute atomic E-state index is 0.0942. The normalized spacial score (nSPS) is 19.2. The third-order valence-corrected chi connectivity index (χ3v) is 3.03. The van der Waals surface area contributed by atoms with Crippen LogP contribution in [0.1, 0.15) is 12.0 Å². The highest BCUT2D eigenvalue weighted by Crippen LogP contribution is 2.23. The smallest absolute Gasteiger partial charge is 0.391 e. The second-order valence-corrected chi connectivity index (χ2v) is 4.81. The van der Waals surface area contributed by atoms with Gasteiger partial charge in [0.1, 0.15) is 0 Å². The maximum Gasteiger partial charge on any atom is 0.393 e. The van der Waals surface area contributed by atoms with Gasteiger partial charge in [0.05, 0.1) is 12.5 Å². The van der Waals surface area contributed by atoms with Crippen LogP contribution in [0, 0.1) is 0 Å². The van der Waals surface area contributed by atoms with Gasteiger partial charge in [-0.05, 0) is 24.1 Å². The van der Waals surface area contributed by atoms with Gasteiger partial charge in [0.25, 0.3) is 0 Å². The molecule has 1 aliphatic rings. The molecule has 0 aliphatic carbocycles. The van der Waals surface area contributed by atoms with E-state index < -0.39 is 24.7 Å². The van der Waals surface area contributed by atoms with Gasteiger partial charge in [0.15, 0.2) is 0 Å². The SMILES string of the molecule is O=C(Nc1cccc(CC(F)(F)F)c1)N1CC[C@@H](O)C1. The van der Waals surface area contributed by atoms with E-state index in [1.807, 2.05) is 0 Å². The van der Waals surface area contributed by atoms with E-state index in [2.05, 4.69) is 5.32 Å². The van der Waals surface area contributed by atoms with Gasteiger partial charge in [-0.3, -0.25) is 0 Å². The van der Waals surface area contributed by atoms with Crippen molar-refractivity contribution in [2.24, 2.45) is 0 Å². The lowest BCUT2D eigenvalue weighted by molar-refractivity contribution is -0.127. The van der Waals surface area contributed by atoms with Crippen molar-refractivity contribution in [3.05, 3.63) is 29.8 Å². The van der Waals surface area contributed by atoms with Gasteiger partial charge in [-0.2, -0.15) is 13.2 Å². The van der Waals surface area contributed by atoms with Crippen molar-refractivity contribution in [2.45, 2.75) is 25.1 Å². The molecule has 2 N–H and O–H groups in total. The zero-order valence-electron chi connectivity index (χ0n) is 10.7. The highest BCUT2D eigenvalue weighted by atomic mass is 19.4. The molecule has 0 unspecified atom stereocenters. The summed E-state index contributed by atoms with van der Waals surface area (Å²) >= 11 is 0. The zero-order valence-corrected chi connectivity index (χ0v) is 10.7. The number of rotatable bonds is 2. The number of nitrogens with zero attached hydrogens (tertiary/aromatic N) is 1. The summed E-state index contributed by atoms with van der Waals surface area (Å²) in [5.41, 5.74) is 0.412. The molecule has 0 aromatic heterocycles. The van der Waals surface area contributed by atoms with E-state index in [9.17, 15) is 23.1 Å². The fraction of sp³-hybridized carbons (Fsp3) is 0.462. The first-order valence-corrected chi connectivity index (χ1v) is 6.23. The third-order valence-electron chi connectivity index (χ3n) is 3.03. The first-order chi connectivity index (χ1) is 9.33. The monoisotopic (exact) mass is 288 g/mol. The number of carbonyl (C=O) groups is 1. The van der Waals surface area contributed by atoms with Crippen LogP contribution >= 0.6 is 0 Å². The number of β-amino-alcohol motifs (C(OH)–C–C–N with tert-alkyl or cyclic N) is 1. The summed E-state index contributed by atoms with van der Waals surface area (Å²) < 4.78 is 36.9. The minimum Gasteiger partial charge on any atom is -0.391 e. The summed E-state index contributed by atoms with van der Waals surface area (Å²) in [6.07, 6.45) is -5.32. The molecule has 1 saturated heterocycles. The molecule has 4 nitrogen and oxygen atoms in total. The Morgan fingerprint density at radius 2 is 2.20 bits per heavy atom. The number of benzene rings is 1.